The van der Waals surface area contributed by atoms with Crippen LogP contribution in [0, 0.1) is 0 Å². The Morgan fingerprint density at radius 1 is 0.944 bits per heavy atom. The van der Waals surface area contributed by atoms with E-state index in [1.54, 1.807) is 0 Å². The third kappa shape index (κ3) is 2.04. The summed E-state index contributed by atoms with van der Waals surface area (Å²) in [6, 6.07) is 13.8. The normalized spacial score (nSPS) is 13.5. The lowest BCUT2D eigenvalue weighted by molar-refractivity contribution is 0.0992. The summed E-state index contributed by atoms with van der Waals surface area (Å²) in [5.74, 6) is 0.175. The fraction of sp³-hybridized carbons (Fsp3) is 0.0625. The molecule has 0 radical (unpaired) electrons. The molecule has 0 saturated heterocycles. The lowest BCUT2D eigenvalue weighted by atomic mass is 9.92. The minimum atomic E-state index is 0.175. The molecule has 1 nitrogen and oxygen atoms in total. The average molecular weight is 299 g/mol. The van der Waals surface area contributed by atoms with Crippen molar-refractivity contribution in [2.75, 3.05) is 0 Å². The highest BCUT2D eigenvalue weighted by Gasteiger charge is 2.14. The first kappa shape index (κ1) is 11.4. The second-order valence-corrected chi connectivity index (χ2v) is 5.28. The van der Waals surface area contributed by atoms with Crippen molar-refractivity contribution in [1.82, 2.24) is 0 Å². The molecule has 2 aromatic rings. The van der Waals surface area contributed by atoms with Gasteiger partial charge < -0.3 is 0 Å². The van der Waals surface area contributed by atoms with Crippen LogP contribution in [-0.4, -0.2) is 5.78 Å². The van der Waals surface area contributed by atoms with Crippen LogP contribution in [0.3, 0.4) is 0 Å². The molecule has 0 bridgehead atoms. The van der Waals surface area contributed by atoms with Crippen LogP contribution < -0.4 is 0 Å². The first-order valence-electron chi connectivity index (χ1n) is 5.83. The Labute approximate surface area is 114 Å². The largest absolute Gasteiger partial charge is 0.294 e. The Hall–Kier alpha value is -1.67. The van der Waals surface area contributed by atoms with Gasteiger partial charge in [0.1, 0.15) is 0 Å². The molecule has 0 amide bonds. The minimum Gasteiger partial charge on any atom is -0.294 e. The zero-order chi connectivity index (χ0) is 12.5. The van der Waals surface area contributed by atoms with Crippen LogP contribution in [0.1, 0.15) is 27.0 Å². The minimum absolute atomic E-state index is 0.175. The Kier molecular flexibility index (Phi) is 2.88. The summed E-state index contributed by atoms with van der Waals surface area (Å²) < 4.78 is 0.993. The lowest BCUT2D eigenvalue weighted by Crippen LogP contribution is -2.08. The fourth-order valence-corrected chi connectivity index (χ4v) is 2.61. The smallest absolute Gasteiger partial charge is 0.167 e. The van der Waals surface area contributed by atoms with Gasteiger partial charge in [0.15, 0.2) is 5.78 Å². The van der Waals surface area contributed by atoms with E-state index in [0.717, 1.165) is 26.7 Å². The molecule has 3 rings (SSSR count). The molecule has 0 heterocycles. The van der Waals surface area contributed by atoms with E-state index >= 15 is 0 Å². The van der Waals surface area contributed by atoms with Crippen molar-refractivity contribution in [2.45, 2.75) is 6.42 Å². The molecular weight excluding hydrogens is 288 g/mol. The standard InChI is InChI=1S/C16H11BrO/c17-14-7-8-15-13(9-14)6-5-11-3-1-2-4-12(11)10-16(15)18/h1-9H,10H2. The third-order valence-corrected chi connectivity index (χ3v) is 3.66. The van der Waals surface area contributed by atoms with Gasteiger partial charge in [-0.3, -0.25) is 4.79 Å². The van der Waals surface area contributed by atoms with E-state index in [-0.39, 0.29) is 5.78 Å². The average Bonchev–Trinajstić information content (AvgIpc) is 2.36. The van der Waals surface area contributed by atoms with Crippen molar-refractivity contribution < 1.29 is 4.79 Å². The van der Waals surface area contributed by atoms with Gasteiger partial charge in [-0.05, 0) is 34.9 Å². The molecule has 1 aliphatic carbocycles. The number of benzene rings is 2. The highest BCUT2D eigenvalue weighted by molar-refractivity contribution is 9.10. The summed E-state index contributed by atoms with van der Waals surface area (Å²) in [6.45, 7) is 0. The summed E-state index contributed by atoms with van der Waals surface area (Å²) in [4.78, 5) is 12.3. The number of rotatable bonds is 0. The molecule has 2 aromatic carbocycles. The van der Waals surface area contributed by atoms with Gasteiger partial charge in [-0.1, -0.05) is 52.3 Å². The van der Waals surface area contributed by atoms with Crippen LogP contribution in [0.5, 0.6) is 0 Å². The Bertz CT molecular complexity index is 656. The molecule has 2 heteroatoms. The molecule has 0 aromatic heterocycles. The van der Waals surface area contributed by atoms with Gasteiger partial charge in [0.2, 0.25) is 0 Å². The van der Waals surface area contributed by atoms with E-state index in [1.165, 1.54) is 0 Å². The van der Waals surface area contributed by atoms with Gasteiger partial charge >= 0.3 is 0 Å². The molecule has 0 N–H and O–H groups in total. The van der Waals surface area contributed by atoms with Crippen LogP contribution >= 0.6 is 15.9 Å². The van der Waals surface area contributed by atoms with E-state index in [1.807, 2.05) is 48.5 Å². The molecule has 0 saturated carbocycles. The van der Waals surface area contributed by atoms with Gasteiger partial charge in [-0.15, -0.1) is 0 Å². The zero-order valence-corrected chi connectivity index (χ0v) is 11.3. The quantitative estimate of drug-likeness (QED) is 0.706. The SMILES string of the molecule is O=C1Cc2ccccc2C=Cc2cc(Br)ccc21. The molecule has 0 spiro atoms. The molecule has 18 heavy (non-hydrogen) atoms. The molecule has 0 fully saturated rings. The first-order chi connectivity index (χ1) is 8.74. The maximum Gasteiger partial charge on any atom is 0.167 e. The van der Waals surface area contributed by atoms with Crippen LogP contribution in [0.2, 0.25) is 0 Å². The van der Waals surface area contributed by atoms with Crippen LogP contribution in [0.25, 0.3) is 12.2 Å². The molecule has 0 atom stereocenters. The van der Waals surface area contributed by atoms with E-state index in [2.05, 4.69) is 22.0 Å². The van der Waals surface area contributed by atoms with Crippen molar-refractivity contribution in [3.05, 3.63) is 69.2 Å². The predicted molar refractivity (Wildman–Crippen MR) is 77.5 cm³/mol. The van der Waals surface area contributed by atoms with Gasteiger partial charge in [-0.2, -0.15) is 0 Å². The second kappa shape index (κ2) is 4.54. The fourth-order valence-electron chi connectivity index (χ4n) is 2.23. The lowest BCUT2D eigenvalue weighted by Gasteiger charge is -2.12. The zero-order valence-electron chi connectivity index (χ0n) is 9.69. The maximum atomic E-state index is 12.3. The summed E-state index contributed by atoms with van der Waals surface area (Å²) >= 11 is 3.44. The second-order valence-electron chi connectivity index (χ2n) is 4.36. The number of hydrogen-bond acceptors (Lipinski definition) is 1. The van der Waals surface area contributed by atoms with Gasteiger partial charge in [0, 0.05) is 16.5 Å². The van der Waals surface area contributed by atoms with Gasteiger partial charge in [0.05, 0.1) is 0 Å². The maximum absolute atomic E-state index is 12.3. The van der Waals surface area contributed by atoms with Gasteiger partial charge in [-0.25, -0.2) is 0 Å². The summed E-state index contributed by atoms with van der Waals surface area (Å²) in [5.41, 5.74) is 3.98. The van der Waals surface area contributed by atoms with Crippen molar-refractivity contribution in [3.63, 3.8) is 0 Å². The van der Waals surface area contributed by atoms with Crippen LogP contribution in [-0.2, 0) is 6.42 Å². The van der Waals surface area contributed by atoms with E-state index in [9.17, 15) is 4.79 Å². The van der Waals surface area contributed by atoms with Gasteiger partial charge in [0.25, 0.3) is 0 Å². The monoisotopic (exact) mass is 298 g/mol. The summed E-state index contributed by atoms with van der Waals surface area (Å²) in [6.07, 6.45) is 4.55. The summed E-state index contributed by atoms with van der Waals surface area (Å²) in [5, 5.41) is 0. The Morgan fingerprint density at radius 3 is 2.61 bits per heavy atom. The highest BCUT2D eigenvalue weighted by atomic mass is 79.9. The topological polar surface area (TPSA) is 17.1 Å². The number of hydrogen-bond donors (Lipinski definition) is 0. The van der Waals surface area contributed by atoms with Crippen molar-refractivity contribution in [2.24, 2.45) is 0 Å². The number of carbonyl (C=O) groups excluding carboxylic acids is 1. The molecular formula is C16H11BrO. The molecule has 0 aliphatic heterocycles. The number of Topliss-reactive ketones (excluding diaryl/α,β-unsaturated/α-hetero) is 1. The van der Waals surface area contributed by atoms with E-state index in [0.29, 0.717) is 6.42 Å². The van der Waals surface area contributed by atoms with E-state index < -0.39 is 0 Å². The summed E-state index contributed by atoms with van der Waals surface area (Å²) in [7, 11) is 0. The van der Waals surface area contributed by atoms with Crippen LogP contribution in [0.4, 0.5) is 0 Å². The van der Waals surface area contributed by atoms with E-state index in [4.69, 9.17) is 0 Å². The predicted octanol–water partition coefficient (Wildman–Crippen LogP) is 4.36. The van der Waals surface area contributed by atoms with Crippen molar-refractivity contribution >= 4 is 33.9 Å². The van der Waals surface area contributed by atoms with Crippen LogP contribution in [0.15, 0.2) is 46.9 Å². The Morgan fingerprint density at radius 2 is 1.72 bits per heavy atom. The molecule has 1 aliphatic rings. The number of carbonyl (C=O) groups is 1. The molecule has 88 valence electrons. The number of ketones is 1. The highest BCUT2D eigenvalue weighted by Crippen LogP contribution is 2.24. The first-order valence-corrected chi connectivity index (χ1v) is 6.62. The number of halogens is 1. The number of fused-ring (bicyclic) bond motifs is 2. The Balaban J connectivity index is 2.19. The van der Waals surface area contributed by atoms with Crippen molar-refractivity contribution in [3.8, 4) is 0 Å². The third-order valence-electron chi connectivity index (χ3n) is 3.16. The van der Waals surface area contributed by atoms with Crippen molar-refractivity contribution in [1.29, 1.82) is 0 Å². The molecule has 0 unspecified atom stereocenters.